The molecule has 34 heavy (non-hydrogen) atoms. The number of aromatic nitrogens is 2. The van der Waals surface area contributed by atoms with Gasteiger partial charge in [-0.25, -0.2) is 19.2 Å². The molecule has 3 aromatic rings. The molecule has 1 aliphatic heterocycles. The van der Waals surface area contributed by atoms with Crippen molar-refractivity contribution in [3.05, 3.63) is 70.2 Å². The first-order valence-corrected chi connectivity index (χ1v) is 11.7. The topological polar surface area (TPSA) is 88.2 Å². The minimum atomic E-state index is -0.512. The third-order valence-electron chi connectivity index (χ3n) is 5.39. The maximum atomic E-state index is 13.7. The summed E-state index contributed by atoms with van der Waals surface area (Å²) < 4.78 is 19.5. The number of carbonyl (C=O) groups excluding carboxylic acids is 1. The molecule has 0 bridgehead atoms. The first-order chi connectivity index (χ1) is 16.5. The summed E-state index contributed by atoms with van der Waals surface area (Å²) >= 11 is 12.1. The number of urea groups is 1. The zero-order valence-corrected chi connectivity index (χ0v) is 19.8. The number of hydrogen-bond acceptors (Lipinski definition) is 5. The minimum absolute atomic E-state index is 0.0102. The average molecular weight is 504 g/mol. The van der Waals surface area contributed by atoms with E-state index in [2.05, 4.69) is 25.9 Å². The van der Waals surface area contributed by atoms with E-state index in [-0.39, 0.29) is 23.7 Å². The average Bonchev–Trinajstić information content (AvgIpc) is 2.85. The van der Waals surface area contributed by atoms with Crippen molar-refractivity contribution < 1.29 is 13.9 Å². The van der Waals surface area contributed by atoms with Crippen molar-refractivity contribution in [3.8, 4) is 17.1 Å². The SMILES string of the molecule is O=C(Nc1cnc(-c2cccc(OCCc3c(Cl)ccc(F)c3Cl)c2)nc1)NC1CCCNC1. The van der Waals surface area contributed by atoms with Gasteiger partial charge in [-0.2, -0.15) is 0 Å². The van der Waals surface area contributed by atoms with E-state index in [1.807, 2.05) is 12.1 Å². The molecular formula is C24H24Cl2FN5O2. The monoisotopic (exact) mass is 503 g/mol. The Hall–Kier alpha value is -2.94. The van der Waals surface area contributed by atoms with Gasteiger partial charge in [0.1, 0.15) is 11.6 Å². The second-order valence-electron chi connectivity index (χ2n) is 7.89. The third kappa shape index (κ3) is 6.34. The number of ether oxygens (including phenoxy) is 1. The first-order valence-electron chi connectivity index (χ1n) is 11.0. The number of anilines is 1. The molecule has 1 fully saturated rings. The van der Waals surface area contributed by atoms with Gasteiger partial charge in [0, 0.05) is 29.6 Å². The largest absolute Gasteiger partial charge is 0.493 e. The van der Waals surface area contributed by atoms with E-state index in [4.69, 9.17) is 27.9 Å². The number of amides is 2. The number of nitrogens with one attached hydrogen (secondary N) is 3. The molecule has 1 atom stereocenters. The molecule has 0 radical (unpaired) electrons. The van der Waals surface area contributed by atoms with Crippen LogP contribution in [0, 0.1) is 5.82 Å². The van der Waals surface area contributed by atoms with Gasteiger partial charge in [-0.15, -0.1) is 0 Å². The predicted molar refractivity (Wildman–Crippen MR) is 131 cm³/mol. The summed E-state index contributed by atoms with van der Waals surface area (Å²) in [6, 6.07) is 9.85. The van der Waals surface area contributed by atoms with Gasteiger partial charge in [-0.1, -0.05) is 35.3 Å². The highest BCUT2D eigenvalue weighted by atomic mass is 35.5. The summed E-state index contributed by atoms with van der Waals surface area (Å²) in [4.78, 5) is 20.9. The van der Waals surface area contributed by atoms with Crippen LogP contribution in [0.2, 0.25) is 10.0 Å². The Morgan fingerprint density at radius 3 is 2.79 bits per heavy atom. The lowest BCUT2D eigenvalue weighted by Crippen LogP contribution is -2.47. The van der Waals surface area contributed by atoms with Crippen molar-refractivity contribution in [2.45, 2.75) is 25.3 Å². The molecule has 10 heteroatoms. The van der Waals surface area contributed by atoms with Gasteiger partial charge >= 0.3 is 6.03 Å². The Balaban J connectivity index is 1.33. The standard InChI is InChI=1S/C24H24Cl2FN5O2/c25-20-6-7-21(27)22(26)19(20)8-10-34-18-5-1-3-15(11-18)23-29-13-17(14-30-23)32-24(33)31-16-4-2-9-28-12-16/h1,3,5-7,11,13-14,16,28H,2,4,8-10,12H2,(H2,31,32,33). The van der Waals surface area contributed by atoms with E-state index in [9.17, 15) is 9.18 Å². The number of piperidine rings is 1. The van der Waals surface area contributed by atoms with Crippen molar-refractivity contribution >= 4 is 34.9 Å². The van der Waals surface area contributed by atoms with Crippen molar-refractivity contribution in [1.82, 2.24) is 20.6 Å². The van der Waals surface area contributed by atoms with Crippen LogP contribution in [0.5, 0.6) is 5.75 Å². The zero-order valence-electron chi connectivity index (χ0n) is 18.3. The zero-order chi connectivity index (χ0) is 23.9. The molecule has 2 amide bonds. The van der Waals surface area contributed by atoms with Crippen LogP contribution in [0.1, 0.15) is 18.4 Å². The molecule has 1 aromatic heterocycles. The Kier molecular flexibility index (Phi) is 8.16. The van der Waals surface area contributed by atoms with Crippen LogP contribution in [0.3, 0.4) is 0 Å². The third-order valence-corrected chi connectivity index (χ3v) is 6.16. The Morgan fingerprint density at radius 1 is 1.21 bits per heavy atom. The number of benzene rings is 2. The predicted octanol–water partition coefficient (Wildman–Crippen LogP) is 5.08. The van der Waals surface area contributed by atoms with Gasteiger partial charge in [0.05, 0.1) is 29.7 Å². The fraction of sp³-hybridized carbons (Fsp3) is 0.292. The maximum Gasteiger partial charge on any atom is 0.319 e. The van der Waals surface area contributed by atoms with Crippen LogP contribution in [-0.2, 0) is 6.42 Å². The Labute approximate surface area is 207 Å². The highest BCUT2D eigenvalue weighted by Gasteiger charge is 2.15. The van der Waals surface area contributed by atoms with E-state index in [1.165, 1.54) is 12.1 Å². The van der Waals surface area contributed by atoms with E-state index >= 15 is 0 Å². The van der Waals surface area contributed by atoms with Crippen LogP contribution >= 0.6 is 23.2 Å². The second-order valence-corrected chi connectivity index (χ2v) is 8.67. The lowest BCUT2D eigenvalue weighted by Gasteiger charge is -2.23. The molecule has 0 spiro atoms. The van der Waals surface area contributed by atoms with Gasteiger partial charge in [-0.3, -0.25) is 0 Å². The number of halogens is 3. The fourth-order valence-electron chi connectivity index (χ4n) is 3.66. The minimum Gasteiger partial charge on any atom is -0.493 e. The highest BCUT2D eigenvalue weighted by molar-refractivity contribution is 6.36. The molecule has 1 saturated heterocycles. The summed E-state index contributed by atoms with van der Waals surface area (Å²) in [5, 5.41) is 9.37. The van der Waals surface area contributed by atoms with E-state index in [0.29, 0.717) is 34.3 Å². The quantitative estimate of drug-likeness (QED) is 0.391. The maximum absolute atomic E-state index is 13.7. The van der Waals surface area contributed by atoms with Crippen molar-refractivity contribution in [3.63, 3.8) is 0 Å². The van der Waals surface area contributed by atoms with Crippen LogP contribution in [0.4, 0.5) is 14.9 Å². The molecule has 4 rings (SSSR count). The van der Waals surface area contributed by atoms with Crippen molar-refractivity contribution in [2.24, 2.45) is 0 Å². The summed E-state index contributed by atoms with van der Waals surface area (Å²) in [5.41, 5.74) is 1.76. The number of carbonyl (C=O) groups is 1. The Bertz CT molecular complexity index is 1140. The van der Waals surface area contributed by atoms with Gasteiger partial charge in [0.15, 0.2) is 5.82 Å². The fourth-order valence-corrected chi connectivity index (χ4v) is 4.22. The molecule has 3 N–H and O–H groups in total. The van der Waals surface area contributed by atoms with E-state index < -0.39 is 5.82 Å². The number of hydrogen-bond donors (Lipinski definition) is 3. The lowest BCUT2D eigenvalue weighted by molar-refractivity contribution is 0.245. The second kappa shape index (κ2) is 11.5. The van der Waals surface area contributed by atoms with Crippen LogP contribution < -0.4 is 20.7 Å². The van der Waals surface area contributed by atoms with Gasteiger partial charge in [0.2, 0.25) is 0 Å². The summed E-state index contributed by atoms with van der Waals surface area (Å²) in [6.45, 7) is 2.02. The van der Waals surface area contributed by atoms with Gasteiger partial charge in [-0.05, 0) is 49.2 Å². The van der Waals surface area contributed by atoms with Crippen molar-refractivity contribution in [2.75, 3.05) is 25.0 Å². The van der Waals surface area contributed by atoms with Crippen LogP contribution in [0.25, 0.3) is 11.4 Å². The number of nitrogens with zero attached hydrogens (tertiary/aromatic N) is 2. The molecule has 2 heterocycles. The normalized spacial score (nSPS) is 15.6. The van der Waals surface area contributed by atoms with Gasteiger partial charge in [0.25, 0.3) is 0 Å². The molecule has 178 valence electrons. The van der Waals surface area contributed by atoms with E-state index in [1.54, 1.807) is 24.5 Å². The van der Waals surface area contributed by atoms with E-state index in [0.717, 1.165) is 31.5 Å². The Morgan fingerprint density at radius 2 is 2.03 bits per heavy atom. The smallest absolute Gasteiger partial charge is 0.319 e. The lowest BCUT2D eigenvalue weighted by atomic mass is 10.1. The molecular weight excluding hydrogens is 480 g/mol. The first kappa shape index (κ1) is 24.2. The van der Waals surface area contributed by atoms with Gasteiger partial charge < -0.3 is 20.7 Å². The number of rotatable bonds is 7. The molecule has 1 aliphatic rings. The molecule has 2 aromatic carbocycles. The summed E-state index contributed by atoms with van der Waals surface area (Å²) in [7, 11) is 0. The summed E-state index contributed by atoms with van der Waals surface area (Å²) in [5.74, 6) is 0.582. The molecule has 7 nitrogen and oxygen atoms in total. The highest BCUT2D eigenvalue weighted by Crippen LogP contribution is 2.28. The molecule has 1 unspecified atom stereocenters. The van der Waals surface area contributed by atoms with Crippen LogP contribution in [0.15, 0.2) is 48.8 Å². The summed E-state index contributed by atoms with van der Waals surface area (Å²) in [6.07, 6.45) is 5.47. The molecule has 0 saturated carbocycles. The van der Waals surface area contributed by atoms with Crippen molar-refractivity contribution in [1.29, 1.82) is 0 Å². The van der Waals surface area contributed by atoms with Crippen LogP contribution in [-0.4, -0.2) is 41.7 Å². The molecule has 0 aliphatic carbocycles.